The molecule has 0 aliphatic carbocycles. The molecule has 0 saturated carbocycles. The minimum Gasteiger partial charge on any atom is -0.490 e. The van der Waals surface area contributed by atoms with Gasteiger partial charge in [-0.05, 0) is 37.3 Å². The molecule has 3 fully saturated rings. The highest BCUT2D eigenvalue weighted by Gasteiger charge is 2.38. The topological polar surface area (TPSA) is 71.1 Å². The Bertz CT molecular complexity index is 770. The van der Waals surface area contributed by atoms with Crippen LogP contribution in [-0.4, -0.2) is 73.3 Å². The first-order valence-corrected chi connectivity index (χ1v) is 10.0. The maximum atomic E-state index is 13.7. The van der Waals surface area contributed by atoms with Crippen LogP contribution in [0.25, 0.3) is 0 Å². The number of carbonyl (C=O) groups excluding carboxylic acids is 2. The Balaban J connectivity index is 1.24. The third-order valence-electron chi connectivity index (χ3n) is 5.85. The number of morpholine rings is 1. The summed E-state index contributed by atoms with van der Waals surface area (Å²) in [6.07, 6.45) is 2.21. The number of amides is 3. The molecule has 3 saturated heterocycles. The van der Waals surface area contributed by atoms with Gasteiger partial charge in [-0.1, -0.05) is 0 Å². The van der Waals surface area contributed by atoms with Gasteiger partial charge in [0.05, 0.1) is 18.8 Å². The second-order valence-corrected chi connectivity index (χ2v) is 7.86. The molecule has 3 heterocycles. The van der Waals surface area contributed by atoms with Crippen molar-refractivity contribution in [2.45, 2.75) is 31.4 Å². The molecule has 3 aliphatic heterocycles. The predicted octanol–water partition coefficient (Wildman–Crippen LogP) is 1.76. The minimum absolute atomic E-state index is 0.0211. The van der Waals surface area contributed by atoms with Crippen LogP contribution in [0.2, 0.25) is 0 Å². The quantitative estimate of drug-likeness (QED) is 0.826. The number of rotatable bonds is 3. The average Bonchev–Trinajstić information content (AvgIpc) is 2.72. The van der Waals surface area contributed by atoms with E-state index >= 15 is 0 Å². The van der Waals surface area contributed by atoms with E-state index in [0.29, 0.717) is 39.2 Å². The van der Waals surface area contributed by atoms with Crippen LogP contribution < -0.4 is 10.1 Å². The zero-order valence-corrected chi connectivity index (χ0v) is 16.1. The molecule has 0 unspecified atom stereocenters. The number of hydrogen-bond donors (Lipinski definition) is 1. The van der Waals surface area contributed by atoms with Gasteiger partial charge in [-0.3, -0.25) is 4.79 Å². The summed E-state index contributed by atoms with van der Waals surface area (Å²) in [6.45, 7) is 2.71. The van der Waals surface area contributed by atoms with Crippen molar-refractivity contribution in [3.63, 3.8) is 0 Å². The van der Waals surface area contributed by atoms with E-state index in [9.17, 15) is 18.4 Å². The van der Waals surface area contributed by atoms with E-state index in [1.807, 2.05) is 4.90 Å². The zero-order valence-electron chi connectivity index (χ0n) is 16.1. The number of urea groups is 1. The van der Waals surface area contributed by atoms with Crippen LogP contribution in [0.3, 0.4) is 0 Å². The third-order valence-corrected chi connectivity index (χ3v) is 5.85. The van der Waals surface area contributed by atoms with Crippen molar-refractivity contribution in [3.05, 3.63) is 29.8 Å². The lowest BCUT2D eigenvalue weighted by atomic mass is 9.97. The van der Waals surface area contributed by atoms with Gasteiger partial charge in [-0.2, -0.15) is 0 Å². The van der Waals surface area contributed by atoms with E-state index in [-0.39, 0.29) is 42.4 Å². The van der Waals surface area contributed by atoms with E-state index in [0.717, 1.165) is 18.9 Å². The van der Waals surface area contributed by atoms with Gasteiger partial charge in [-0.25, -0.2) is 13.6 Å². The van der Waals surface area contributed by atoms with Crippen LogP contribution in [0.1, 0.15) is 19.3 Å². The molecule has 9 heteroatoms. The molecule has 7 nitrogen and oxygen atoms in total. The normalized spacial score (nSPS) is 25.4. The van der Waals surface area contributed by atoms with Crippen molar-refractivity contribution in [1.29, 1.82) is 0 Å². The van der Waals surface area contributed by atoms with Gasteiger partial charge in [0.1, 0.15) is 12.4 Å². The van der Waals surface area contributed by atoms with E-state index in [1.54, 1.807) is 4.90 Å². The molecule has 3 amide bonds. The lowest BCUT2D eigenvalue weighted by Gasteiger charge is -2.43. The number of nitrogens with zero attached hydrogens (tertiary/aromatic N) is 2. The Morgan fingerprint density at radius 3 is 2.69 bits per heavy atom. The van der Waals surface area contributed by atoms with E-state index in [4.69, 9.17) is 9.47 Å². The largest absolute Gasteiger partial charge is 0.490 e. The summed E-state index contributed by atoms with van der Waals surface area (Å²) in [7, 11) is 0. The zero-order chi connectivity index (χ0) is 20.4. The van der Waals surface area contributed by atoms with Crippen LogP contribution in [0.15, 0.2) is 18.2 Å². The van der Waals surface area contributed by atoms with Gasteiger partial charge >= 0.3 is 6.03 Å². The number of likely N-dealkylation sites (tertiary alicyclic amines) is 2. The van der Waals surface area contributed by atoms with Crippen LogP contribution in [0.5, 0.6) is 5.75 Å². The first-order chi connectivity index (χ1) is 14.0. The summed E-state index contributed by atoms with van der Waals surface area (Å²) in [4.78, 5) is 28.0. The number of hydrogen-bond acceptors (Lipinski definition) is 4. The molecule has 3 aliphatic rings. The molecule has 0 bridgehead atoms. The number of ether oxygens (including phenoxy) is 2. The van der Waals surface area contributed by atoms with Crippen LogP contribution >= 0.6 is 0 Å². The lowest BCUT2D eigenvalue weighted by molar-refractivity contribution is -0.139. The van der Waals surface area contributed by atoms with Gasteiger partial charge in [0.2, 0.25) is 5.91 Å². The van der Waals surface area contributed by atoms with Crippen molar-refractivity contribution < 1.29 is 27.8 Å². The Morgan fingerprint density at radius 2 is 1.93 bits per heavy atom. The van der Waals surface area contributed by atoms with Crippen molar-refractivity contribution in [2.24, 2.45) is 5.92 Å². The maximum absolute atomic E-state index is 13.7. The van der Waals surface area contributed by atoms with Gasteiger partial charge in [0.15, 0.2) is 11.6 Å². The summed E-state index contributed by atoms with van der Waals surface area (Å²) < 4.78 is 37.7. The number of benzene rings is 1. The lowest BCUT2D eigenvalue weighted by Crippen LogP contribution is -2.62. The van der Waals surface area contributed by atoms with Gasteiger partial charge < -0.3 is 24.6 Å². The van der Waals surface area contributed by atoms with Crippen molar-refractivity contribution in [1.82, 2.24) is 15.1 Å². The first-order valence-electron chi connectivity index (χ1n) is 10.0. The maximum Gasteiger partial charge on any atom is 0.320 e. The van der Waals surface area contributed by atoms with Gasteiger partial charge in [0.25, 0.3) is 0 Å². The molecule has 1 aromatic carbocycles. The molecule has 4 rings (SSSR count). The van der Waals surface area contributed by atoms with E-state index < -0.39 is 11.6 Å². The second kappa shape index (κ2) is 8.52. The number of halogens is 2. The Labute approximate surface area is 167 Å². The van der Waals surface area contributed by atoms with Gasteiger partial charge in [-0.15, -0.1) is 0 Å². The Hall–Kier alpha value is -2.42. The fourth-order valence-electron chi connectivity index (χ4n) is 4.16. The molecule has 1 N–H and O–H groups in total. The van der Waals surface area contributed by atoms with Gasteiger partial charge in [0, 0.05) is 32.2 Å². The molecule has 1 aromatic rings. The average molecular weight is 409 g/mol. The number of fused-ring (bicyclic) bond motifs is 1. The Morgan fingerprint density at radius 1 is 1.17 bits per heavy atom. The summed E-state index contributed by atoms with van der Waals surface area (Å²) in [5, 5.41) is 2.91. The molecule has 0 aromatic heterocycles. The predicted molar refractivity (Wildman–Crippen MR) is 99.4 cm³/mol. The fourth-order valence-corrected chi connectivity index (χ4v) is 4.16. The SMILES string of the molecule is O=C1CO[C@H]2CCN(C(=O)N3CCC(COc4ccc(F)cc4F)CC3)C[C@H]2N1. The van der Waals surface area contributed by atoms with Crippen LogP contribution in [0.4, 0.5) is 13.6 Å². The monoisotopic (exact) mass is 409 g/mol. The third kappa shape index (κ3) is 4.60. The minimum atomic E-state index is -0.709. The highest BCUT2D eigenvalue weighted by molar-refractivity contribution is 5.79. The highest BCUT2D eigenvalue weighted by atomic mass is 19.1. The number of carbonyl (C=O) groups is 2. The summed E-state index contributed by atoms with van der Waals surface area (Å²) in [5.74, 6) is -1.23. The highest BCUT2D eigenvalue weighted by Crippen LogP contribution is 2.24. The summed E-state index contributed by atoms with van der Waals surface area (Å²) >= 11 is 0. The molecule has 0 radical (unpaired) electrons. The van der Waals surface area contributed by atoms with Crippen molar-refractivity contribution in [3.8, 4) is 5.75 Å². The molecule has 0 spiro atoms. The molecular weight excluding hydrogens is 384 g/mol. The molecule has 2 atom stereocenters. The summed E-state index contributed by atoms with van der Waals surface area (Å²) in [6, 6.07) is 3.10. The number of piperidine rings is 2. The van der Waals surface area contributed by atoms with Crippen LogP contribution in [0, 0.1) is 17.6 Å². The van der Waals surface area contributed by atoms with E-state index in [2.05, 4.69) is 5.32 Å². The second-order valence-electron chi connectivity index (χ2n) is 7.86. The first kappa shape index (κ1) is 19.9. The Kier molecular flexibility index (Phi) is 5.84. The van der Waals surface area contributed by atoms with Crippen LogP contribution in [-0.2, 0) is 9.53 Å². The smallest absolute Gasteiger partial charge is 0.320 e. The standard InChI is InChI=1S/C20H25F2N3O4/c21-14-1-2-17(15(22)9-14)28-11-13-3-6-24(7-4-13)20(27)25-8-5-18-16(10-25)23-19(26)12-29-18/h1-2,9,13,16,18H,3-8,10-12H2,(H,23,26)/t16-,18+/m1/s1. The van der Waals surface area contributed by atoms with Crippen molar-refractivity contribution in [2.75, 3.05) is 39.4 Å². The molecule has 158 valence electrons. The summed E-state index contributed by atoms with van der Waals surface area (Å²) in [5.41, 5.74) is 0. The van der Waals surface area contributed by atoms with E-state index in [1.165, 1.54) is 12.1 Å². The molecular formula is C20H25F2N3O4. The van der Waals surface area contributed by atoms with Crippen molar-refractivity contribution >= 4 is 11.9 Å². The molecule has 29 heavy (non-hydrogen) atoms. The number of nitrogens with one attached hydrogen (secondary N) is 1. The fraction of sp³-hybridized carbons (Fsp3) is 0.600.